The zero-order valence-corrected chi connectivity index (χ0v) is 16.8. The summed E-state index contributed by atoms with van der Waals surface area (Å²) in [5, 5.41) is 15.6. The molecule has 1 aromatic carbocycles. The number of carbonyl (C=O) groups is 1. The lowest BCUT2D eigenvalue weighted by Gasteiger charge is -2.32. The van der Waals surface area contributed by atoms with E-state index in [-0.39, 0.29) is 5.91 Å². The van der Waals surface area contributed by atoms with Crippen LogP contribution in [0, 0.1) is 30.6 Å². The van der Waals surface area contributed by atoms with E-state index < -0.39 is 5.41 Å². The van der Waals surface area contributed by atoms with Gasteiger partial charge in [0.2, 0.25) is 5.91 Å². The van der Waals surface area contributed by atoms with Gasteiger partial charge >= 0.3 is 0 Å². The largest absolute Gasteiger partial charge is 0.326 e. The molecule has 142 valence electrons. The molecule has 1 fully saturated rings. The molecule has 0 radical (unpaired) electrons. The molecule has 2 rings (SSSR count). The summed E-state index contributed by atoms with van der Waals surface area (Å²) in [7, 11) is 0. The first-order valence-corrected chi connectivity index (χ1v) is 9.47. The Morgan fingerprint density at radius 1 is 1.42 bits per heavy atom. The summed E-state index contributed by atoms with van der Waals surface area (Å²) in [6.45, 7) is 14.1. The van der Waals surface area contributed by atoms with E-state index in [1.165, 1.54) is 5.56 Å². The lowest BCUT2D eigenvalue weighted by molar-refractivity contribution is -0.116. The summed E-state index contributed by atoms with van der Waals surface area (Å²) in [6.07, 6.45) is 0.921. The fourth-order valence-corrected chi connectivity index (χ4v) is 3.32. The van der Waals surface area contributed by atoms with E-state index in [0.29, 0.717) is 18.9 Å². The van der Waals surface area contributed by atoms with Gasteiger partial charge < -0.3 is 10.6 Å². The number of hydrogen-bond donors (Lipinski definition) is 2. The SMILES string of the molecule is Cc1cc(CN2CCN[C@@H](C)C2)c(C)c(NC(=O)CCC(C)(C)C#N)c1. The Morgan fingerprint density at radius 2 is 2.15 bits per heavy atom. The number of rotatable bonds is 6. The number of hydrogen-bond acceptors (Lipinski definition) is 4. The predicted molar refractivity (Wildman–Crippen MR) is 106 cm³/mol. The summed E-state index contributed by atoms with van der Waals surface area (Å²) in [5.74, 6) is -0.0243. The number of aryl methyl sites for hydroxylation is 1. The Labute approximate surface area is 157 Å². The maximum Gasteiger partial charge on any atom is 0.224 e. The van der Waals surface area contributed by atoms with Gasteiger partial charge in [-0.15, -0.1) is 0 Å². The second kappa shape index (κ2) is 8.66. The predicted octanol–water partition coefficient (Wildman–Crippen LogP) is 3.37. The van der Waals surface area contributed by atoms with Crippen LogP contribution in [0.2, 0.25) is 0 Å². The fourth-order valence-electron chi connectivity index (χ4n) is 3.32. The van der Waals surface area contributed by atoms with Crippen molar-refractivity contribution in [1.29, 1.82) is 5.26 Å². The minimum atomic E-state index is -0.469. The van der Waals surface area contributed by atoms with Crippen LogP contribution in [0.1, 0.15) is 50.3 Å². The van der Waals surface area contributed by atoms with Crippen LogP contribution in [0.4, 0.5) is 5.69 Å². The topological polar surface area (TPSA) is 68.2 Å². The number of carbonyl (C=O) groups excluding carboxylic acids is 1. The molecule has 1 amide bonds. The van der Waals surface area contributed by atoms with Crippen molar-refractivity contribution in [3.63, 3.8) is 0 Å². The summed E-state index contributed by atoms with van der Waals surface area (Å²) in [4.78, 5) is 14.8. The first-order chi connectivity index (χ1) is 12.2. The second-order valence-corrected chi connectivity index (χ2v) is 8.23. The summed E-state index contributed by atoms with van der Waals surface area (Å²) >= 11 is 0. The molecule has 1 aromatic rings. The number of anilines is 1. The van der Waals surface area contributed by atoms with Gasteiger partial charge in [0.15, 0.2) is 0 Å². The molecule has 1 atom stereocenters. The van der Waals surface area contributed by atoms with Crippen LogP contribution in [0.15, 0.2) is 12.1 Å². The minimum absolute atomic E-state index is 0.0243. The average Bonchev–Trinajstić information content (AvgIpc) is 2.57. The molecule has 0 aromatic heterocycles. The molecule has 0 saturated carbocycles. The lowest BCUT2D eigenvalue weighted by Crippen LogP contribution is -2.48. The van der Waals surface area contributed by atoms with Crippen molar-refractivity contribution in [2.45, 2.75) is 60.0 Å². The number of amides is 1. The first-order valence-electron chi connectivity index (χ1n) is 9.47. The van der Waals surface area contributed by atoms with Gasteiger partial charge in [-0.1, -0.05) is 6.07 Å². The van der Waals surface area contributed by atoms with E-state index in [1.54, 1.807) is 0 Å². The van der Waals surface area contributed by atoms with Crippen LogP contribution >= 0.6 is 0 Å². The van der Waals surface area contributed by atoms with Gasteiger partial charge in [-0.3, -0.25) is 9.69 Å². The highest BCUT2D eigenvalue weighted by Gasteiger charge is 2.20. The quantitative estimate of drug-likeness (QED) is 0.820. The Hall–Kier alpha value is -1.90. The van der Waals surface area contributed by atoms with E-state index in [4.69, 9.17) is 5.26 Å². The second-order valence-electron chi connectivity index (χ2n) is 8.23. The van der Waals surface area contributed by atoms with Gasteiger partial charge in [0.1, 0.15) is 0 Å². The number of benzene rings is 1. The summed E-state index contributed by atoms with van der Waals surface area (Å²) < 4.78 is 0. The number of piperazine rings is 1. The van der Waals surface area contributed by atoms with Crippen LogP contribution in [-0.2, 0) is 11.3 Å². The van der Waals surface area contributed by atoms with E-state index in [1.807, 2.05) is 19.9 Å². The zero-order chi connectivity index (χ0) is 19.3. The average molecular weight is 357 g/mol. The Kier molecular flexibility index (Phi) is 6.80. The van der Waals surface area contributed by atoms with Crippen molar-refractivity contribution < 1.29 is 4.79 Å². The molecule has 0 bridgehead atoms. The van der Waals surface area contributed by atoms with Gasteiger partial charge in [0.05, 0.1) is 11.5 Å². The third-order valence-electron chi connectivity index (χ3n) is 5.06. The lowest BCUT2D eigenvalue weighted by atomic mass is 9.89. The van der Waals surface area contributed by atoms with Crippen molar-refractivity contribution in [1.82, 2.24) is 10.2 Å². The number of nitrogens with one attached hydrogen (secondary N) is 2. The molecule has 0 unspecified atom stereocenters. The molecule has 0 spiro atoms. The number of nitrogens with zero attached hydrogens (tertiary/aromatic N) is 2. The third kappa shape index (κ3) is 5.82. The van der Waals surface area contributed by atoms with E-state index in [9.17, 15) is 4.79 Å². The van der Waals surface area contributed by atoms with E-state index in [0.717, 1.165) is 43.0 Å². The van der Waals surface area contributed by atoms with E-state index >= 15 is 0 Å². The molecule has 26 heavy (non-hydrogen) atoms. The van der Waals surface area contributed by atoms with Crippen molar-refractivity contribution in [3.05, 3.63) is 28.8 Å². The summed E-state index contributed by atoms with van der Waals surface area (Å²) in [5.41, 5.74) is 3.98. The molecule has 1 saturated heterocycles. The smallest absolute Gasteiger partial charge is 0.224 e. The van der Waals surface area contributed by atoms with Gasteiger partial charge in [-0.05, 0) is 63.8 Å². The third-order valence-corrected chi connectivity index (χ3v) is 5.06. The zero-order valence-electron chi connectivity index (χ0n) is 16.8. The maximum absolute atomic E-state index is 12.3. The number of nitriles is 1. The van der Waals surface area contributed by atoms with Crippen LogP contribution in [0.25, 0.3) is 0 Å². The fraction of sp³-hybridized carbons (Fsp3) is 0.619. The maximum atomic E-state index is 12.3. The van der Waals surface area contributed by atoms with Crippen molar-refractivity contribution >= 4 is 11.6 Å². The Morgan fingerprint density at radius 3 is 2.81 bits per heavy atom. The van der Waals surface area contributed by atoms with Gasteiger partial charge in [-0.25, -0.2) is 0 Å². The van der Waals surface area contributed by atoms with Crippen molar-refractivity contribution in [2.24, 2.45) is 5.41 Å². The molecular weight excluding hydrogens is 324 g/mol. The normalized spacial score (nSPS) is 18.4. The molecule has 2 N–H and O–H groups in total. The molecular formula is C21H32N4O. The highest BCUT2D eigenvalue weighted by atomic mass is 16.1. The highest BCUT2D eigenvalue weighted by molar-refractivity contribution is 5.91. The molecule has 0 aliphatic carbocycles. The molecule has 5 nitrogen and oxygen atoms in total. The monoisotopic (exact) mass is 356 g/mol. The molecule has 5 heteroatoms. The van der Waals surface area contributed by atoms with Crippen molar-refractivity contribution in [3.8, 4) is 6.07 Å². The van der Waals surface area contributed by atoms with E-state index in [2.05, 4.69) is 48.4 Å². The van der Waals surface area contributed by atoms with Crippen LogP contribution in [-0.4, -0.2) is 36.5 Å². The first kappa shape index (κ1) is 20.4. The molecule has 1 heterocycles. The van der Waals surface area contributed by atoms with Crippen LogP contribution in [0.3, 0.4) is 0 Å². The summed E-state index contributed by atoms with van der Waals surface area (Å²) in [6, 6.07) is 7.01. The van der Waals surface area contributed by atoms with Crippen molar-refractivity contribution in [2.75, 3.05) is 25.0 Å². The minimum Gasteiger partial charge on any atom is -0.326 e. The molecule has 1 aliphatic rings. The Balaban J connectivity index is 2.06. The molecule has 1 aliphatic heterocycles. The van der Waals surface area contributed by atoms with Gasteiger partial charge in [-0.2, -0.15) is 5.26 Å². The highest BCUT2D eigenvalue weighted by Crippen LogP contribution is 2.25. The standard InChI is InChI=1S/C21H32N4O/c1-15-10-18(13-25-9-8-23-16(2)12-25)17(3)19(11-15)24-20(26)6-7-21(4,5)14-22/h10-11,16,23H,6-9,12-13H2,1-5H3,(H,24,26)/t16-/m0/s1. The van der Waals surface area contributed by atoms with Gasteiger partial charge in [0, 0.05) is 44.3 Å². The van der Waals surface area contributed by atoms with Gasteiger partial charge in [0.25, 0.3) is 0 Å². The Bertz CT molecular complexity index is 690. The van der Waals surface area contributed by atoms with Crippen LogP contribution < -0.4 is 10.6 Å². The van der Waals surface area contributed by atoms with Crippen LogP contribution in [0.5, 0.6) is 0 Å².